The molecule has 1 N–H and O–H groups in total. The highest BCUT2D eigenvalue weighted by Crippen LogP contribution is 2.16. The molecule has 12 heavy (non-hydrogen) atoms. The second-order valence-electron chi connectivity index (χ2n) is 2.17. The first-order valence-corrected chi connectivity index (χ1v) is 5.82. The Morgan fingerprint density at radius 1 is 1.75 bits per heavy atom. The first-order valence-electron chi connectivity index (χ1n) is 3.33. The van der Waals surface area contributed by atoms with E-state index in [1.165, 1.54) is 7.11 Å². The average Bonchev–Trinajstić information content (AvgIpc) is 2.17. The predicted molar refractivity (Wildman–Crippen MR) is 55.4 cm³/mol. The summed E-state index contributed by atoms with van der Waals surface area (Å²) in [5, 5.41) is 8.80. The number of hydrogen-bond donors (Lipinski definition) is 1. The van der Waals surface area contributed by atoms with Crippen molar-refractivity contribution in [3.63, 3.8) is 0 Å². The van der Waals surface area contributed by atoms with Crippen LogP contribution in [0, 0.1) is 0 Å². The molecule has 1 rings (SSSR count). The maximum atomic E-state index is 11.0. The Bertz CT molecular complexity index is 276. The standard InChI is InChI=1S/C8H9IO3/c1-12-8(11)7-2-6(5-10)3-9-4-7/h2-4,10H,5H2,1H3. The summed E-state index contributed by atoms with van der Waals surface area (Å²) >= 11 is -0.228. The van der Waals surface area contributed by atoms with E-state index in [1.807, 2.05) is 8.09 Å². The largest absolute Gasteiger partial charge is 0.465 e. The number of methoxy groups -OCH3 is 1. The number of esters is 1. The normalized spacial score (nSPS) is 15.8. The SMILES string of the molecule is COC(=O)C1=CI=CC(CO)=C1. The highest BCUT2D eigenvalue weighted by Gasteiger charge is 2.08. The number of halogens is 1. The topological polar surface area (TPSA) is 46.5 Å². The number of carbonyl (C=O) groups is 1. The monoisotopic (exact) mass is 280 g/mol. The van der Waals surface area contributed by atoms with E-state index in [0.29, 0.717) is 5.57 Å². The number of ether oxygens (including phenoxy) is 1. The third kappa shape index (κ3) is 2.25. The van der Waals surface area contributed by atoms with Gasteiger partial charge in [0.2, 0.25) is 0 Å². The van der Waals surface area contributed by atoms with Crippen molar-refractivity contribution >= 4 is 30.7 Å². The number of carbonyl (C=O) groups excluding carboxylic acids is 1. The highest BCUT2D eigenvalue weighted by atomic mass is 127. The number of aliphatic hydroxyl groups excluding tert-OH is 1. The fourth-order valence-corrected chi connectivity index (χ4v) is 2.58. The van der Waals surface area contributed by atoms with E-state index in [1.54, 1.807) is 6.08 Å². The van der Waals surface area contributed by atoms with Gasteiger partial charge in [0.05, 0.1) is 19.3 Å². The predicted octanol–water partition coefficient (Wildman–Crippen LogP) is 0.748. The van der Waals surface area contributed by atoms with E-state index < -0.39 is 0 Å². The summed E-state index contributed by atoms with van der Waals surface area (Å²) < 4.78 is 8.41. The molecule has 0 bridgehead atoms. The lowest BCUT2D eigenvalue weighted by atomic mass is 10.2. The van der Waals surface area contributed by atoms with Gasteiger partial charge in [-0.3, -0.25) is 0 Å². The molecule has 3 nitrogen and oxygen atoms in total. The minimum Gasteiger partial charge on any atom is -0.465 e. The molecule has 0 radical (unpaired) electrons. The Morgan fingerprint density at radius 3 is 3.08 bits per heavy atom. The van der Waals surface area contributed by atoms with Gasteiger partial charge in [-0.25, -0.2) is 4.79 Å². The van der Waals surface area contributed by atoms with Crippen molar-refractivity contribution in [2.75, 3.05) is 13.7 Å². The zero-order valence-corrected chi connectivity index (χ0v) is 8.74. The summed E-state index contributed by atoms with van der Waals surface area (Å²) in [5.74, 6) is -0.325. The maximum absolute atomic E-state index is 11.0. The van der Waals surface area contributed by atoms with Crippen LogP contribution in [0.15, 0.2) is 21.3 Å². The van der Waals surface area contributed by atoms with Gasteiger partial charge in [-0.2, -0.15) is 0 Å². The maximum Gasteiger partial charge on any atom is 0.338 e. The summed E-state index contributed by atoms with van der Waals surface area (Å²) in [4.78, 5) is 11.0. The summed E-state index contributed by atoms with van der Waals surface area (Å²) in [7, 11) is 1.35. The van der Waals surface area contributed by atoms with Crippen LogP contribution in [0.2, 0.25) is 0 Å². The van der Waals surface area contributed by atoms with Crippen LogP contribution in [0.4, 0.5) is 0 Å². The van der Waals surface area contributed by atoms with Crippen LogP contribution in [-0.4, -0.2) is 28.8 Å². The van der Waals surface area contributed by atoms with Crippen molar-refractivity contribution in [2.24, 2.45) is 0 Å². The second kappa shape index (κ2) is 4.51. The number of hydrogen-bond acceptors (Lipinski definition) is 3. The summed E-state index contributed by atoms with van der Waals surface area (Å²) in [5.41, 5.74) is 1.38. The van der Waals surface area contributed by atoms with E-state index in [0.717, 1.165) is 5.57 Å². The van der Waals surface area contributed by atoms with Gasteiger partial charge in [0.25, 0.3) is 0 Å². The van der Waals surface area contributed by atoms with Gasteiger partial charge in [0.15, 0.2) is 0 Å². The van der Waals surface area contributed by atoms with Crippen molar-refractivity contribution in [1.82, 2.24) is 0 Å². The van der Waals surface area contributed by atoms with Crippen LogP contribution in [0.25, 0.3) is 0 Å². The molecule has 0 saturated heterocycles. The third-order valence-corrected chi connectivity index (χ3v) is 3.52. The molecule has 0 saturated carbocycles. The minimum atomic E-state index is -0.325. The summed E-state index contributed by atoms with van der Waals surface area (Å²) in [6.07, 6.45) is 1.66. The van der Waals surface area contributed by atoms with Crippen LogP contribution < -0.4 is 0 Å². The molecule has 66 valence electrons. The lowest BCUT2D eigenvalue weighted by Crippen LogP contribution is -2.05. The van der Waals surface area contributed by atoms with Gasteiger partial charge in [-0.05, 0) is 19.7 Å². The molecule has 0 unspecified atom stereocenters. The Labute approximate surface area is 80.5 Å². The molecular formula is C8H9IO3. The van der Waals surface area contributed by atoms with Crippen molar-refractivity contribution in [1.29, 1.82) is 0 Å². The van der Waals surface area contributed by atoms with Crippen molar-refractivity contribution in [2.45, 2.75) is 0 Å². The molecule has 4 heteroatoms. The summed E-state index contributed by atoms with van der Waals surface area (Å²) in [6, 6.07) is 0. The first kappa shape index (κ1) is 9.60. The van der Waals surface area contributed by atoms with Crippen LogP contribution in [-0.2, 0) is 9.53 Å². The van der Waals surface area contributed by atoms with Gasteiger partial charge in [0.1, 0.15) is 0 Å². The van der Waals surface area contributed by atoms with Crippen LogP contribution in [0.1, 0.15) is 0 Å². The van der Waals surface area contributed by atoms with Crippen molar-refractivity contribution in [3.05, 3.63) is 21.3 Å². The molecule has 0 aromatic carbocycles. The molecule has 0 spiro atoms. The third-order valence-electron chi connectivity index (χ3n) is 1.33. The first-order chi connectivity index (χ1) is 5.77. The Balaban J connectivity index is 2.82. The quantitative estimate of drug-likeness (QED) is 0.599. The van der Waals surface area contributed by atoms with Gasteiger partial charge < -0.3 is 9.84 Å². The molecule has 0 aromatic rings. The van der Waals surface area contributed by atoms with Crippen molar-refractivity contribution in [3.8, 4) is 0 Å². The fraction of sp³-hybridized carbons (Fsp3) is 0.250. The molecule has 1 aliphatic rings. The van der Waals surface area contributed by atoms with E-state index in [-0.39, 0.29) is 33.3 Å². The van der Waals surface area contributed by atoms with Gasteiger partial charge in [0, 0.05) is 0 Å². The Kier molecular flexibility index (Phi) is 3.61. The zero-order valence-electron chi connectivity index (χ0n) is 6.58. The Hall–Kier alpha value is -0.490. The lowest BCUT2D eigenvalue weighted by Gasteiger charge is -2.04. The van der Waals surface area contributed by atoms with E-state index in [9.17, 15) is 4.79 Å². The fourth-order valence-electron chi connectivity index (χ4n) is 0.744. The van der Waals surface area contributed by atoms with Crippen LogP contribution in [0.5, 0.6) is 0 Å². The minimum absolute atomic E-state index is 0.00590. The highest BCUT2D eigenvalue weighted by molar-refractivity contribution is 14.2. The smallest absolute Gasteiger partial charge is 0.338 e. The lowest BCUT2D eigenvalue weighted by molar-refractivity contribution is -0.135. The molecule has 0 fully saturated rings. The molecular weight excluding hydrogens is 271 g/mol. The zero-order chi connectivity index (χ0) is 8.97. The Morgan fingerprint density at radius 2 is 2.50 bits per heavy atom. The molecule has 1 aliphatic heterocycles. The van der Waals surface area contributed by atoms with Gasteiger partial charge >= 0.3 is 5.97 Å². The van der Waals surface area contributed by atoms with Crippen LogP contribution in [0.3, 0.4) is 0 Å². The average molecular weight is 280 g/mol. The van der Waals surface area contributed by atoms with Crippen molar-refractivity contribution < 1.29 is 14.6 Å². The molecule has 0 atom stereocenters. The molecule has 0 aromatic heterocycles. The second-order valence-corrected chi connectivity index (χ2v) is 4.13. The van der Waals surface area contributed by atoms with Crippen LogP contribution >= 0.6 is 20.7 Å². The van der Waals surface area contributed by atoms with Gasteiger partial charge in [-0.1, -0.05) is 20.7 Å². The van der Waals surface area contributed by atoms with E-state index in [2.05, 4.69) is 4.74 Å². The number of aliphatic hydroxyl groups is 1. The number of rotatable bonds is 2. The molecule has 1 heterocycles. The molecule has 0 amide bonds. The van der Waals surface area contributed by atoms with Gasteiger partial charge in [-0.15, -0.1) is 0 Å². The van der Waals surface area contributed by atoms with E-state index in [4.69, 9.17) is 5.11 Å². The summed E-state index contributed by atoms with van der Waals surface area (Å²) in [6.45, 7) is -0.00590. The molecule has 0 aliphatic carbocycles. The van der Waals surface area contributed by atoms with E-state index >= 15 is 0 Å².